The number of halogens is 1. The zero-order valence-corrected chi connectivity index (χ0v) is 13.3. The molecule has 0 aromatic heterocycles. The molecule has 1 aliphatic rings. The van der Waals surface area contributed by atoms with E-state index in [2.05, 4.69) is 10.6 Å². The maximum atomic E-state index is 13.2. The Bertz CT molecular complexity index is 572. The number of carbonyl (C=O) groups is 2. The molecule has 1 saturated heterocycles. The van der Waals surface area contributed by atoms with Gasteiger partial charge in [-0.1, -0.05) is 32.9 Å². The lowest BCUT2D eigenvalue weighted by Crippen LogP contribution is -2.47. The van der Waals surface area contributed by atoms with E-state index in [0.29, 0.717) is 19.4 Å². The number of hydrogen-bond acceptors (Lipinski definition) is 2. The lowest BCUT2D eigenvalue weighted by Gasteiger charge is -2.25. The number of rotatable bonds is 5. The number of carbonyl (C=O) groups excluding carboxylic acids is 2. The summed E-state index contributed by atoms with van der Waals surface area (Å²) in [6.45, 7) is 6.41. The van der Waals surface area contributed by atoms with Gasteiger partial charge in [0.05, 0.1) is 0 Å². The second kappa shape index (κ2) is 6.46. The molecule has 0 bridgehead atoms. The summed E-state index contributed by atoms with van der Waals surface area (Å²) in [7, 11) is 0. The van der Waals surface area contributed by atoms with Crippen LogP contribution in [-0.2, 0) is 16.0 Å². The van der Waals surface area contributed by atoms with E-state index in [9.17, 15) is 14.0 Å². The van der Waals surface area contributed by atoms with Gasteiger partial charge in [0.15, 0.2) is 0 Å². The maximum Gasteiger partial charge on any atom is 0.243 e. The molecule has 0 saturated carbocycles. The van der Waals surface area contributed by atoms with Gasteiger partial charge in [-0.05, 0) is 30.0 Å². The summed E-state index contributed by atoms with van der Waals surface area (Å²) in [6.07, 6.45) is 0.946. The summed E-state index contributed by atoms with van der Waals surface area (Å²) in [5.41, 5.74) is 0.595. The molecule has 5 heteroatoms. The number of hydrogen-bond donors (Lipinski definition) is 2. The van der Waals surface area contributed by atoms with E-state index in [1.807, 2.05) is 26.8 Å². The van der Waals surface area contributed by atoms with Gasteiger partial charge in [0.2, 0.25) is 11.8 Å². The molecular weight excluding hydrogens is 283 g/mol. The first-order valence-electron chi connectivity index (χ1n) is 7.59. The molecule has 0 radical (unpaired) electrons. The molecule has 1 heterocycles. The van der Waals surface area contributed by atoms with Crippen LogP contribution in [0.3, 0.4) is 0 Å². The molecule has 0 aliphatic carbocycles. The van der Waals surface area contributed by atoms with E-state index in [4.69, 9.17) is 0 Å². The predicted octanol–water partition coefficient (Wildman–Crippen LogP) is 2.04. The molecule has 1 aromatic rings. The highest BCUT2D eigenvalue weighted by atomic mass is 19.1. The molecular formula is C17H23FN2O2. The lowest BCUT2D eigenvalue weighted by molar-refractivity contribution is -0.129. The first-order chi connectivity index (χ1) is 10.3. The van der Waals surface area contributed by atoms with Crippen LogP contribution in [0.2, 0.25) is 0 Å². The second-order valence-electron chi connectivity index (χ2n) is 6.85. The van der Waals surface area contributed by atoms with E-state index in [1.54, 1.807) is 6.07 Å². The number of amides is 2. The summed E-state index contributed by atoms with van der Waals surface area (Å²) in [6, 6.07) is 5.93. The van der Waals surface area contributed by atoms with Crippen LogP contribution in [0.1, 0.15) is 32.8 Å². The normalized spacial score (nSPS) is 21.3. The van der Waals surface area contributed by atoms with E-state index >= 15 is 0 Å². The summed E-state index contributed by atoms with van der Waals surface area (Å²) in [4.78, 5) is 23.9. The Labute approximate surface area is 130 Å². The predicted molar refractivity (Wildman–Crippen MR) is 82.6 cm³/mol. The van der Waals surface area contributed by atoms with Crippen molar-refractivity contribution in [3.05, 3.63) is 35.6 Å². The van der Waals surface area contributed by atoms with Crippen molar-refractivity contribution in [2.75, 3.05) is 6.54 Å². The molecule has 2 atom stereocenters. The summed E-state index contributed by atoms with van der Waals surface area (Å²) in [5, 5.41) is 5.59. The zero-order chi connectivity index (χ0) is 16.3. The Morgan fingerprint density at radius 3 is 2.82 bits per heavy atom. The van der Waals surface area contributed by atoms with Gasteiger partial charge < -0.3 is 10.6 Å². The fraction of sp³-hybridized carbons (Fsp3) is 0.529. The maximum absolute atomic E-state index is 13.2. The quantitative estimate of drug-likeness (QED) is 0.874. The molecule has 2 amide bonds. The standard InChI is InChI=1S/C17H23FN2O2/c1-11(7-12-5-4-6-13(18)9-12)8-14(21)20-15-16(22)19-10-17(15,2)3/h4-6,9,11,15H,7-8,10H2,1-3H3,(H,19,22)(H,20,21)/t11-,15+/m0/s1. The van der Waals surface area contributed by atoms with Gasteiger partial charge in [0.1, 0.15) is 11.9 Å². The molecule has 0 spiro atoms. The number of benzene rings is 1. The minimum Gasteiger partial charge on any atom is -0.354 e. The van der Waals surface area contributed by atoms with Crippen molar-refractivity contribution < 1.29 is 14.0 Å². The highest BCUT2D eigenvalue weighted by molar-refractivity contribution is 5.90. The highest BCUT2D eigenvalue weighted by Crippen LogP contribution is 2.25. The van der Waals surface area contributed by atoms with Gasteiger partial charge in [0, 0.05) is 18.4 Å². The molecule has 0 unspecified atom stereocenters. The fourth-order valence-electron chi connectivity index (χ4n) is 2.81. The van der Waals surface area contributed by atoms with E-state index < -0.39 is 6.04 Å². The monoisotopic (exact) mass is 306 g/mol. The van der Waals surface area contributed by atoms with Crippen molar-refractivity contribution in [1.29, 1.82) is 0 Å². The van der Waals surface area contributed by atoms with Crippen LogP contribution in [0.25, 0.3) is 0 Å². The van der Waals surface area contributed by atoms with Crippen molar-refractivity contribution in [3.8, 4) is 0 Å². The Balaban J connectivity index is 1.88. The van der Waals surface area contributed by atoms with Crippen LogP contribution in [0.5, 0.6) is 0 Å². The molecule has 1 aromatic carbocycles. The van der Waals surface area contributed by atoms with Crippen LogP contribution >= 0.6 is 0 Å². The van der Waals surface area contributed by atoms with Crippen LogP contribution in [0.4, 0.5) is 4.39 Å². The van der Waals surface area contributed by atoms with Crippen LogP contribution < -0.4 is 10.6 Å². The third-order valence-electron chi connectivity index (χ3n) is 4.07. The summed E-state index contributed by atoms with van der Waals surface area (Å²) >= 11 is 0. The van der Waals surface area contributed by atoms with Crippen molar-refractivity contribution >= 4 is 11.8 Å². The van der Waals surface area contributed by atoms with Gasteiger partial charge in [-0.25, -0.2) is 4.39 Å². The van der Waals surface area contributed by atoms with Gasteiger partial charge >= 0.3 is 0 Å². The first kappa shape index (κ1) is 16.5. The van der Waals surface area contributed by atoms with E-state index in [-0.39, 0.29) is 29.0 Å². The fourth-order valence-corrected chi connectivity index (χ4v) is 2.81. The third-order valence-corrected chi connectivity index (χ3v) is 4.07. The molecule has 4 nitrogen and oxygen atoms in total. The zero-order valence-electron chi connectivity index (χ0n) is 13.3. The minimum absolute atomic E-state index is 0.0781. The average molecular weight is 306 g/mol. The summed E-state index contributed by atoms with van der Waals surface area (Å²) < 4.78 is 13.2. The molecule has 22 heavy (non-hydrogen) atoms. The van der Waals surface area contributed by atoms with Gasteiger partial charge in [-0.2, -0.15) is 0 Å². The van der Waals surface area contributed by atoms with Crippen LogP contribution in [0.15, 0.2) is 24.3 Å². The van der Waals surface area contributed by atoms with Crippen LogP contribution in [0, 0.1) is 17.2 Å². The molecule has 2 N–H and O–H groups in total. The third kappa shape index (κ3) is 4.06. The van der Waals surface area contributed by atoms with Gasteiger partial charge in [0.25, 0.3) is 0 Å². The SMILES string of the molecule is C[C@H](CC(=O)N[C@@H]1C(=O)NCC1(C)C)Cc1cccc(F)c1. The topological polar surface area (TPSA) is 58.2 Å². The van der Waals surface area contributed by atoms with Gasteiger partial charge in [-0.3, -0.25) is 9.59 Å². The van der Waals surface area contributed by atoms with Crippen molar-refractivity contribution in [1.82, 2.24) is 10.6 Å². The Kier molecular flexibility index (Phi) is 4.84. The second-order valence-corrected chi connectivity index (χ2v) is 6.85. The van der Waals surface area contributed by atoms with E-state index in [0.717, 1.165) is 5.56 Å². The lowest BCUT2D eigenvalue weighted by atomic mass is 9.87. The molecule has 2 rings (SSSR count). The Hall–Kier alpha value is -1.91. The Morgan fingerprint density at radius 2 is 2.23 bits per heavy atom. The largest absolute Gasteiger partial charge is 0.354 e. The average Bonchev–Trinajstić information content (AvgIpc) is 2.65. The first-order valence-corrected chi connectivity index (χ1v) is 7.59. The van der Waals surface area contributed by atoms with Crippen LogP contribution in [-0.4, -0.2) is 24.4 Å². The highest BCUT2D eigenvalue weighted by Gasteiger charge is 2.42. The summed E-state index contributed by atoms with van der Waals surface area (Å²) in [5.74, 6) is -0.455. The Morgan fingerprint density at radius 1 is 1.50 bits per heavy atom. The van der Waals surface area contributed by atoms with Crippen molar-refractivity contribution in [2.45, 2.75) is 39.7 Å². The van der Waals surface area contributed by atoms with E-state index in [1.165, 1.54) is 12.1 Å². The smallest absolute Gasteiger partial charge is 0.243 e. The molecule has 1 fully saturated rings. The molecule has 120 valence electrons. The van der Waals surface area contributed by atoms with Crippen molar-refractivity contribution in [3.63, 3.8) is 0 Å². The minimum atomic E-state index is -0.485. The number of nitrogens with one attached hydrogen (secondary N) is 2. The van der Waals surface area contributed by atoms with Gasteiger partial charge in [-0.15, -0.1) is 0 Å². The molecule has 1 aliphatic heterocycles. The van der Waals surface area contributed by atoms with Crippen molar-refractivity contribution in [2.24, 2.45) is 11.3 Å².